The van der Waals surface area contributed by atoms with Crippen molar-refractivity contribution in [2.24, 2.45) is 0 Å². The number of benzene rings is 8. The summed E-state index contributed by atoms with van der Waals surface area (Å²) in [5.74, 6) is 3.37. The molecule has 2 aliphatic rings. The fourth-order valence-corrected chi connectivity index (χ4v) is 9.50. The van der Waals surface area contributed by atoms with Crippen LogP contribution in [-0.2, 0) is 10.8 Å². The van der Waals surface area contributed by atoms with Crippen LogP contribution in [0, 0.1) is 11.3 Å². The monoisotopic (exact) mass is 782 g/mol. The van der Waals surface area contributed by atoms with Gasteiger partial charge in [0.1, 0.15) is 11.5 Å². The molecule has 0 saturated carbocycles. The maximum atomic E-state index is 9.49. The van der Waals surface area contributed by atoms with E-state index in [1.54, 1.807) is 12.1 Å². The molecular formula is C56H38N4O. The third-order valence-corrected chi connectivity index (χ3v) is 12.5. The van der Waals surface area contributed by atoms with Crippen molar-refractivity contribution in [3.63, 3.8) is 0 Å². The fraction of sp³-hybridized carbons (Fsp3) is 0.0714. The minimum absolute atomic E-state index is 0.167. The third kappa shape index (κ3) is 5.79. The second kappa shape index (κ2) is 14.1. The highest BCUT2D eigenvalue weighted by atomic mass is 16.5. The molecule has 1 aliphatic carbocycles. The van der Waals surface area contributed by atoms with Crippen LogP contribution in [0.15, 0.2) is 194 Å². The van der Waals surface area contributed by atoms with Gasteiger partial charge in [-0.15, -0.1) is 0 Å². The van der Waals surface area contributed by atoms with E-state index < -0.39 is 5.41 Å². The van der Waals surface area contributed by atoms with E-state index in [0.717, 1.165) is 50.4 Å². The van der Waals surface area contributed by atoms with E-state index in [1.807, 2.05) is 18.2 Å². The predicted molar refractivity (Wildman–Crippen MR) is 242 cm³/mol. The molecule has 61 heavy (non-hydrogen) atoms. The molecule has 0 radical (unpaired) electrons. The average Bonchev–Trinajstić information content (AvgIpc) is 3.56. The SMILES string of the molecule is CC1(C)c2ccccc2-c2ccc(-c3nc(-c4ccc(C#N)cc4)nc(-c4ccc(-c5ccc6c(c5)Oc5ccccc5C6(c5ccccc5)c5ccccc5)cc4)n3)cc21. The largest absolute Gasteiger partial charge is 0.457 e. The molecular weight excluding hydrogens is 745 g/mol. The molecule has 2 heterocycles. The lowest BCUT2D eigenvalue weighted by molar-refractivity contribution is 0.435. The first-order valence-electron chi connectivity index (χ1n) is 20.6. The van der Waals surface area contributed by atoms with Gasteiger partial charge in [-0.2, -0.15) is 5.26 Å². The van der Waals surface area contributed by atoms with E-state index in [9.17, 15) is 5.26 Å². The predicted octanol–water partition coefficient (Wildman–Crippen LogP) is 13.2. The Bertz CT molecular complexity index is 3150. The Morgan fingerprint density at radius 1 is 0.410 bits per heavy atom. The number of hydrogen-bond acceptors (Lipinski definition) is 5. The topological polar surface area (TPSA) is 71.7 Å². The van der Waals surface area contributed by atoms with Crippen LogP contribution in [0.2, 0.25) is 0 Å². The molecule has 5 nitrogen and oxygen atoms in total. The number of nitriles is 1. The van der Waals surface area contributed by atoms with Gasteiger partial charge in [0.15, 0.2) is 17.5 Å². The maximum Gasteiger partial charge on any atom is 0.164 e. The lowest BCUT2D eigenvalue weighted by Crippen LogP contribution is -2.34. The summed E-state index contributed by atoms with van der Waals surface area (Å²) >= 11 is 0. The van der Waals surface area contributed by atoms with Crippen LogP contribution in [0.5, 0.6) is 11.5 Å². The Balaban J connectivity index is 1.00. The minimum atomic E-state index is -0.573. The Morgan fingerprint density at radius 3 is 1.56 bits per heavy atom. The number of ether oxygens (including phenoxy) is 1. The fourth-order valence-electron chi connectivity index (χ4n) is 9.50. The first-order chi connectivity index (χ1) is 29.9. The number of rotatable bonds is 6. The second-order valence-electron chi connectivity index (χ2n) is 16.3. The summed E-state index contributed by atoms with van der Waals surface area (Å²) in [6.07, 6.45) is 0. The zero-order chi connectivity index (χ0) is 41.1. The van der Waals surface area contributed by atoms with Crippen LogP contribution in [0.1, 0.15) is 52.8 Å². The molecule has 0 unspecified atom stereocenters. The quantitative estimate of drug-likeness (QED) is 0.168. The molecule has 8 aromatic carbocycles. The molecule has 11 rings (SSSR count). The lowest BCUT2D eigenvalue weighted by atomic mass is 9.63. The lowest BCUT2D eigenvalue weighted by Gasteiger charge is -2.41. The summed E-state index contributed by atoms with van der Waals surface area (Å²) in [7, 11) is 0. The number of aromatic nitrogens is 3. The van der Waals surface area contributed by atoms with E-state index in [2.05, 4.69) is 184 Å². The van der Waals surface area contributed by atoms with Crippen LogP contribution in [0.4, 0.5) is 0 Å². The molecule has 0 spiro atoms. The molecule has 5 heteroatoms. The van der Waals surface area contributed by atoms with Crippen molar-refractivity contribution in [1.82, 2.24) is 15.0 Å². The zero-order valence-electron chi connectivity index (χ0n) is 33.7. The van der Waals surface area contributed by atoms with Gasteiger partial charge in [0.05, 0.1) is 17.0 Å². The summed E-state index contributed by atoms with van der Waals surface area (Å²) in [5.41, 5.74) is 14.2. The second-order valence-corrected chi connectivity index (χ2v) is 16.3. The molecule has 0 atom stereocenters. The zero-order valence-corrected chi connectivity index (χ0v) is 33.7. The van der Waals surface area contributed by atoms with E-state index in [-0.39, 0.29) is 5.41 Å². The van der Waals surface area contributed by atoms with Gasteiger partial charge in [0, 0.05) is 33.2 Å². The molecule has 0 bridgehead atoms. The minimum Gasteiger partial charge on any atom is -0.457 e. The summed E-state index contributed by atoms with van der Waals surface area (Å²) in [5, 5.41) is 9.49. The summed E-state index contributed by atoms with van der Waals surface area (Å²) in [6.45, 7) is 4.56. The van der Waals surface area contributed by atoms with Crippen molar-refractivity contribution in [3.05, 3.63) is 233 Å². The Labute approximate surface area is 355 Å². The molecule has 1 aliphatic heterocycles. The molecule has 288 valence electrons. The van der Waals surface area contributed by atoms with Gasteiger partial charge in [0.2, 0.25) is 0 Å². The summed E-state index contributed by atoms with van der Waals surface area (Å²) in [6, 6.07) is 69.6. The smallest absolute Gasteiger partial charge is 0.164 e. The number of hydrogen-bond donors (Lipinski definition) is 0. The van der Waals surface area contributed by atoms with Crippen LogP contribution >= 0.6 is 0 Å². The van der Waals surface area contributed by atoms with Gasteiger partial charge in [-0.3, -0.25) is 0 Å². The standard InChI is InChI=1S/C56H38N4O/c1-55(2)46-18-10-9-17-44(46)45-31-29-41(33-49(45)55)54-59-52(38-23-21-36(35-57)22-24-38)58-53(60-54)39-27-25-37(26-28-39)40-30-32-48-51(34-40)61-50-20-12-11-19-47(50)56(48,42-13-5-3-6-14-42)43-15-7-4-8-16-43/h3-34H,1-2H3. The molecule has 9 aromatic rings. The van der Waals surface area contributed by atoms with Gasteiger partial charge in [0.25, 0.3) is 0 Å². The summed E-state index contributed by atoms with van der Waals surface area (Å²) < 4.78 is 6.77. The van der Waals surface area contributed by atoms with Crippen LogP contribution in [0.3, 0.4) is 0 Å². The van der Waals surface area contributed by atoms with Gasteiger partial charge in [-0.05, 0) is 87.0 Å². The maximum absolute atomic E-state index is 9.49. The highest BCUT2D eigenvalue weighted by molar-refractivity contribution is 5.83. The number of para-hydroxylation sites is 1. The van der Waals surface area contributed by atoms with E-state index in [1.165, 1.54) is 33.4 Å². The molecule has 1 aromatic heterocycles. The first kappa shape index (κ1) is 36.2. The highest BCUT2D eigenvalue weighted by Crippen LogP contribution is 2.56. The Kier molecular flexibility index (Phi) is 8.37. The molecule has 0 amide bonds. The van der Waals surface area contributed by atoms with E-state index in [0.29, 0.717) is 23.0 Å². The third-order valence-electron chi connectivity index (χ3n) is 12.5. The van der Waals surface area contributed by atoms with Crippen LogP contribution in [-0.4, -0.2) is 15.0 Å². The summed E-state index contributed by atoms with van der Waals surface area (Å²) in [4.78, 5) is 15.2. The first-order valence-corrected chi connectivity index (χ1v) is 20.6. The Morgan fingerprint density at radius 2 is 0.902 bits per heavy atom. The van der Waals surface area contributed by atoms with Crippen LogP contribution in [0.25, 0.3) is 56.4 Å². The van der Waals surface area contributed by atoms with Crippen LogP contribution < -0.4 is 4.74 Å². The van der Waals surface area contributed by atoms with Gasteiger partial charge in [-0.25, -0.2) is 15.0 Å². The molecule has 0 fully saturated rings. The average molecular weight is 783 g/mol. The molecule has 0 saturated heterocycles. The normalized spacial score (nSPS) is 13.8. The van der Waals surface area contributed by atoms with Crippen molar-refractivity contribution >= 4 is 0 Å². The van der Waals surface area contributed by atoms with Crippen molar-refractivity contribution in [2.75, 3.05) is 0 Å². The van der Waals surface area contributed by atoms with Crippen molar-refractivity contribution in [2.45, 2.75) is 24.7 Å². The number of nitrogens with zero attached hydrogens (tertiary/aromatic N) is 4. The van der Waals surface area contributed by atoms with Crippen molar-refractivity contribution in [3.8, 4) is 74.0 Å². The number of fused-ring (bicyclic) bond motifs is 5. The molecule has 0 N–H and O–H groups in total. The van der Waals surface area contributed by atoms with Crippen molar-refractivity contribution in [1.29, 1.82) is 5.26 Å². The Hall–Kier alpha value is -7.94. The van der Waals surface area contributed by atoms with Gasteiger partial charge >= 0.3 is 0 Å². The van der Waals surface area contributed by atoms with Gasteiger partial charge < -0.3 is 4.74 Å². The van der Waals surface area contributed by atoms with Crippen molar-refractivity contribution < 1.29 is 4.74 Å². The van der Waals surface area contributed by atoms with Gasteiger partial charge in [-0.1, -0.05) is 166 Å². The van der Waals surface area contributed by atoms with E-state index in [4.69, 9.17) is 19.7 Å². The van der Waals surface area contributed by atoms with E-state index >= 15 is 0 Å². The highest BCUT2D eigenvalue weighted by Gasteiger charge is 2.45.